The molecule has 0 aromatic heterocycles. The van der Waals surface area contributed by atoms with E-state index in [9.17, 15) is 13.2 Å². The van der Waals surface area contributed by atoms with E-state index < -0.39 is 10.0 Å². The Morgan fingerprint density at radius 1 is 0.818 bits per heavy atom. The van der Waals surface area contributed by atoms with Crippen LogP contribution in [0.25, 0.3) is 0 Å². The third-order valence-electron chi connectivity index (χ3n) is 6.36. The number of sulfonamides is 1. The SMILES string of the molecule is Cc1cccc(N2CCN(C(=O)c3ccc(N(C)S(=O)(=O)c4ccccc4)cc3)CC2)c1C. The fraction of sp³-hybridized carbons (Fsp3) is 0.269. The van der Waals surface area contributed by atoms with Crippen LogP contribution >= 0.6 is 0 Å². The molecule has 3 aromatic carbocycles. The van der Waals surface area contributed by atoms with Gasteiger partial charge in [-0.05, 0) is 67.4 Å². The van der Waals surface area contributed by atoms with Crippen LogP contribution in [0, 0.1) is 13.8 Å². The van der Waals surface area contributed by atoms with Gasteiger partial charge in [0.05, 0.1) is 10.6 Å². The molecule has 0 radical (unpaired) electrons. The molecule has 33 heavy (non-hydrogen) atoms. The second-order valence-electron chi connectivity index (χ2n) is 8.33. The molecule has 1 heterocycles. The van der Waals surface area contributed by atoms with Crippen LogP contribution in [0.1, 0.15) is 21.5 Å². The van der Waals surface area contributed by atoms with Crippen molar-refractivity contribution < 1.29 is 13.2 Å². The second kappa shape index (κ2) is 9.27. The van der Waals surface area contributed by atoms with Crippen LogP contribution in [0.5, 0.6) is 0 Å². The van der Waals surface area contributed by atoms with Gasteiger partial charge in [-0.2, -0.15) is 0 Å². The van der Waals surface area contributed by atoms with E-state index in [-0.39, 0.29) is 10.8 Å². The molecule has 4 rings (SSSR count). The molecule has 0 saturated carbocycles. The Labute approximate surface area is 196 Å². The fourth-order valence-corrected chi connectivity index (χ4v) is 5.33. The standard InChI is InChI=1S/C26H29N3O3S/c1-20-8-7-11-25(21(20)2)28-16-18-29(19-17-28)26(30)22-12-14-23(15-13-22)27(3)33(31,32)24-9-5-4-6-10-24/h4-15H,16-19H2,1-3H3. The maximum absolute atomic E-state index is 13.0. The molecule has 1 saturated heterocycles. The summed E-state index contributed by atoms with van der Waals surface area (Å²) in [4.78, 5) is 17.5. The Morgan fingerprint density at radius 2 is 1.45 bits per heavy atom. The largest absolute Gasteiger partial charge is 0.368 e. The number of hydrogen-bond acceptors (Lipinski definition) is 4. The number of hydrogen-bond donors (Lipinski definition) is 0. The van der Waals surface area contributed by atoms with Crippen molar-refractivity contribution in [1.29, 1.82) is 0 Å². The number of piperazine rings is 1. The van der Waals surface area contributed by atoms with E-state index in [2.05, 4.69) is 36.9 Å². The van der Waals surface area contributed by atoms with Gasteiger partial charge in [-0.25, -0.2) is 8.42 Å². The zero-order chi connectivity index (χ0) is 23.6. The van der Waals surface area contributed by atoms with Crippen LogP contribution in [0.15, 0.2) is 77.7 Å². The molecular weight excluding hydrogens is 434 g/mol. The van der Waals surface area contributed by atoms with Gasteiger partial charge in [0.25, 0.3) is 15.9 Å². The number of rotatable bonds is 5. The molecule has 0 atom stereocenters. The molecule has 0 unspecified atom stereocenters. The summed E-state index contributed by atoms with van der Waals surface area (Å²) >= 11 is 0. The van der Waals surface area contributed by atoms with Gasteiger partial charge < -0.3 is 9.80 Å². The van der Waals surface area contributed by atoms with Gasteiger partial charge in [0, 0.05) is 44.5 Å². The van der Waals surface area contributed by atoms with Gasteiger partial charge in [-0.1, -0.05) is 30.3 Å². The van der Waals surface area contributed by atoms with Crippen molar-refractivity contribution >= 4 is 27.3 Å². The van der Waals surface area contributed by atoms with Crippen LogP contribution < -0.4 is 9.21 Å². The summed E-state index contributed by atoms with van der Waals surface area (Å²) in [5.74, 6) is -0.0317. The Morgan fingerprint density at radius 3 is 2.09 bits per heavy atom. The number of nitrogens with zero attached hydrogens (tertiary/aromatic N) is 3. The topological polar surface area (TPSA) is 60.9 Å². The van der Waals surface area contributed by atoms with E-state index >= 15 is 0 Å². The average molecular weight is 464 g/mol. The summed E-state index contributed by atoms with van der Waals surface area (Å²) in [6.45, 7) is 7.12. The number of benzene rings is 3. The van der Waals surface area contributed by atoms with Crippen molar-refractivity contribution in [2.24, 2.45) is 0 Å². The van der Waals surface area contributed by atoms with E-state index in [0.29, 0.717) is 24.3 Å². The van der Waals surface area contributed by atoms with E-state index in [1.165, 1.54) is 28.2 Å². The summed E-state index contributed by atoms with van der Waals surface area (Å²) in [6.07, 6.45) is 0. The van der Waals surface area contributed by atoms with Crippen molar-refractivity contribution in [2.75, 3.05) is 42.4 Å². The van der Waals surface area contributed by atoms with Gasteiger partial charge in [0.1, 0.15) is 0 Å². The van der Waals surface area contributed by atoms with Crippen molar-refractivity contribution in [3.8, 4) is 0 Å². The molecule has 0 bridgehead atoms. The number of anilines is 2. The minimum Gasteiger partial charge on any atom is -0.368 e. The summed E-state index contributed by atoms with van der Waals surface area (Å²) in [7, 11) is -2.13. The van der Waals surface area contributed by atoms with Gasteiger partial charge in [0.15, 0.2) is 0 Å². The number of aryl methyl sites for hydroxylation is 1. The highest BCUT2D eigenvalue weighted by Crippen LogP contribution is 2.25. The quantitative estimate of drug-likeness (QED) is 0.572. The molecule has 3 aromatic rings. The zero-order valence-electron chi connectivity index (χ0n) is 19.2. The normalized spacial score (nSPS) is 14.3. The van der Waals surface area contributed by atoms with Gasteiger partial charge in [0.2, 0.25) is 0 Å². The minimum atomic E-state index is -3.65. The lowest BCUT2D eigenvalue weighted by atomic mass is 10.1. The van der Waals surface area contributed by atoms with Gasteiger partial charge in [-0.15, -0.1) is 0 Å². The molecule has 7 heteroatoms. The first-order chi connectivity index (χ1) is 15.8. The third kappa shape index (κ3) is 4.59. The smallest absolute Gasteiger partial charge is 0.264 e. The first-order valence-electron chi connectivity index (χ1n) is 11.0. The molecule has 0 N–H and O–H groups in total. The Balaban J connectivity index is 1.42. The summed E-state index contributed by atoms with van der Waals surface area (Å²) < 4.78 is 26.9. The Hall–Kier alpha value is -3.32. The first kappa shape index (κ1) is 22.9. The highest BCUT2D eigenvalue weighted by atomic mass is 32.2. The Bertz CT molecular complexity index is 1230. The van der Waals surface area contributed by atoms with Gasteiger partial charge in [-0.3, -0.25) is 9.10 Å². The minimum absolute atomic E-state index is 0.0317. The predicted octanol–water partition coefficient (Wildman–Crippen LogP) is 4.09. The lowest BCUT2D eigenvalue weighted by Gasteiger charge is -2.37. The van der Waals surface area contributed by atoms with Crippen molar-refractivity contribution in [2.45, 2.75) is 18.7 Å². The van der Waals surface area contributed by atoms with Crippen molar-refractivity contribution in [3.05, 3.63) is 89.5 Å². The van der Waals surface area contributed by atoms with E-state index in [0.717, 1.165) is 13.1 Å². The molecule has 0 spiro atoms. The van der Waals surface area contributed by atoms with Crippen LogP contribution in [0.3, 0.4) is 0 Å². The molecular formula is C26H29N3O3S. The molecule has 172 valence electrons. The zero-order valence-corrected chi connectivity index (χ0v) is 20.0. The van der Waals surface area contributed by atoms with E-state index in [1.807, 2.05) is 4.90 Å². The highest BCUT2D eigenvalue weighted by Gasteiger charge is 2.24. The first-order valence-corrected chi connectivity index (χ1v) is 12.5. The fourth-order valence-electron chi connectivity index (χ4n) is 4.11. The molecule has 1 aliphatic rings. The van der Waals surface area contributed by atoms with Crippen LogP contribution in [0.2, 0.25) is 0 Å². The lowest BCUT2D eigenvalue weighted by Crippen LogP contribution is -2.49. The highest BCUT2D eigenvalue weighted by molar-refractivity contribution is 7.92. The van der Waals surface area contributed by atoms with Crippen LogP contribution in [0.4, 0.5) is 11.4 Å². The molecule has 1 amide bonds. The molecule has 1 fully saturated rings. The van der Waals surface area contributed by atoms with Crippen molar-refractivity contribution in [1.82, 2.24) is 4.90 Å². The molecule has 1 aliphatic heterocycles. The second-order valence-corrected chi connectivity index (χ2v) is 10.3. The van der Waals surface area contributed by atoms with Crippen LogP contribution in [-0.2, 0) is 10.0 Å². The van der Waals surface area contributed by atoms with Crippen molar-refractivity contribution in [3.63, 3.8) is 0 Å². The third-order valence-corrected chi connectivity index (χ3v) is 8.16. The Kier molecular flexibility index (Phi) is 6.42. The molecule has 0 aliphatic carbocycles. The summed E-state index contributed by atoms with van der Waals surface area (Å²) in [6, 6.07) is 21.4. The van der Waals surface area contributed by atoms with Gasteiger partial charge >= 0.3 is 0 Å². The maximum Gasteiger partial charge on any atom is 0.264 e. The summed E-state index contributed by atoms with van der Waals surface area (Å²) in [5.41, 5.74) is 4.85. The number of carbonyl (C=O) groups is 1. The summed E-state index contributed by atoms with van der Waals surface area (Å²) in [5, 5.41) is 0. The number of amides is 1. The average Bonchev–Trinajstić information content (AvgIpc) is 2.85. The number of carbonyl (C=O) groups excluding carboxylic acids is 1. The van der Waals surface area contributed by atoms with E-state index in [4.69, 9.17) is 0 Å². The lowest BCUT2D eigenvalue weighted by molar-refractivity contribution is 0.0747. The maximum atomic E-state index is 13.0. The molecule has 6 nitrogen and oxygen atoms in total. The predicted molar refractivity (Wildman–Crippen MR) is 133 cm³/mol. The monoisotopic (exact) mass is 463 g/mol. The van der Waals surface area contributed by atoms with E-state index in [1.54, 1.807) is 54.6 Å². The van der Waals surface area contributed by atoms with Crippen LogP contribution in [-0.4, -0.2) is 52.5 Å².